The summed E-state index contributed by atoms with van der Waals surface area (Å²) in [5.74, 6) is 0. The summed E-state index contributed by atoms with van der Waals surface area (Å²) in [6, 6.07) is 4.56. The Labute approximate surface area is 125 Å². The van der Waals surface area contributed by atoms with E-state index in [9.17, 15) is 4.79 Å². The molecule has 1 aromatic heterocycles. The average molecular weight is 296 g/mol. The molecule has 1 atom stereocenters. The van der Waals surface area contributed by atoms with Crippen LogP contribution in [0.15, 0.2) is 17.5 Å². The number of nitrogens with one attached hydrogen (secondary N) is 1. The van der Waals surface area contributed by atoms with Crippen molar-refractivity contribution in [1.29, 1.82) is 0 Å². The Morgan fingerprint density at radius 2 is 2.35 bits per heavy atom. The first-order chi connectivity index (χ1) is 9.44. The smallest absolute Gasteiger partial charge is 0.410 e. The minimum Gasteiger partial charge on any atom is -0.444 e. The lowest BCUT2D eigenvalue weighted by Gasteiger charge is -2.34. The Bertz CT molecular complexity index is 426. The second kappa shape index (κ2) is 6.59. The third-order valence-corrected chi connectivity index (χ3v) is 4.09. The van der Waals surface area contributed by atoms with Crippen molar-refractivity contribution >= 4 is 17.4 Å². The number of rotatable bonds is 3. The van der Waals surface area contributed by atoms with Crippen LogP contribution in [0.25, 0.3) is 0 Å². The Hall–Kier alpha value is -1.07. The molecule has 1 amide bonds. The van der Waals surface area contributed by atoms with Crippen molar-refractivity contribution in [3.63, 3.8) is 0 Å². The van der Waals surface area contributed by atoms with E-state index in [0.29, 0.717) is 6.04 Å². The van der Waals surface area contributed by atoms with Gasteiger partial charge in [0, 0.05) is 30.6 Å². The zero-order valence-corrected chi connectivity index (χ0v) is 13.3. The first-order valence-corrected chi connectivity index (χ1v) is 8.06. The molecule has 0 aromatic carbocycles. The van der Waals surface area contributed by atoms with Crippen LogP contribution >= 0.6 is 11.3 Å². The van der Waals surface area contributed by atoms with Crippen LogP contribution in [0.5, 0.6) is 0 Å². The van der Waals surface area contributed by atoms with E-state index in [1.807, 2.05) is 25.7 Å². The van der Waals surface area contributed by atoms with Crippen molar-refractivity contribution in [1.82, 2.24) is 10.2 Å². The van der Waals surface area contributed by atoms with Crippen LogP contribution in [0.1, 0.15) is 38.5 Å². The van der Waals surface area contributed by atoms with Crippen molar-refractivity contribution in [2.45, 2.75) is 51.8 Å². The third kappa shape index (κ3) is 4.80. The summed E-state index contributed by atoms with van der Waals surface area (Å²) >= 11 is 1.76. The molecule has 2 rings (SSSR count). The molecule has 4 nitrogen and oxygen atoms in total. The zero-order chi connectivity index (χ0) is 14.6. The van der Waals surface area contributed by atoms with Gasteiger partial charge in [0.25, 0.3) is 0 Å². The van der Waals surface area contributed by atoms with Gasteiger partial charge in [-0.2, -0.15) is 0 Å². The Morgan fingerprint density at radius 1 is 1.55 bits per heavy atom. The van der Waals surface area contributed by atoms with E-state index >= 15 is 0 Å². The number of piperidine rings is 1. The van der Waals surface area contributed by atoms with E-state index in [1.54, 1.807) is 11.3 Å². The van der Waals surface area contributed by atoms with Gasteiger partial charge in [0.05, 0.1) is 0 Å². The first-order valence-electron chi connectivity index (χ1n) is 7.18. The van der Waals surface area contributed by atoms with Crippen molar-refractivity contribution in [2.75, 3.05) is 13.1 Å². The Morgan fingerprint density at radius 3 is 3.00 bits per heavy atom. The van der Waals surface area contributed by atoms with E-state index in [2.05, 4.69) is 22.8 Å². The molecule has 1 fully saturated rings. The Kier molecular flexibility index (Phi) is 5.05. The number of likely N-dealkylation sites (tertiary alicyclic amines) is 1. The summed E-state index contributed by atoms with van der Waals surface area (Å²) in [6.07, 6.45) is 1.95. The molecule has 1 N–H and O–H groups in total. The van der Waals surface area contributed by atoms with Crippen LogP contribution in [0.3, 0.4) is 0 Å². The maximum Gasteiger partial charge on any atom is 0.410 e. The van der Waals surface area contributed by atoms with Crippen LogP contribution in [0, 0.1) is 0 Å². The van der Waals surface area contributed by atoms with Crippen molar-refractivity contribution in [3.05, 3.63) is 22.4 Å². The van der Waals surface area contributed by atoms with Gasteiger partial charge in [-0.3, -0.25) is 0 Å². The van der Waals surface area contributed by atoms with Crippen LogP contribution in [-0.2, 0) is 11.3 Å². The summed E-state index contributed by atoms with van der Waals surface area (Å²) in [7, 11) is 0. The number of carbonyl (C=O) groups excluding carboxylic acids is 1. The highest BCUT2D eigenvalue weighted by molar-refractivity contribution is 7.09. The fourth-order valence-corrected chi connectivity index (χ4v) is 2.95. The molecular weight excluding hydrogens is 272 g/mol. The lowest BCUT2D eigenvalue weighted by molar-refractivity contribution is 0.0187. The molecule has 112 valence electrons. The molecule has 5 heteroatoms. The lowest BCUT2D eigenvalue weighted by atomic mass is 10.1. The van der Waals surface area contributed by atoms with Gasteiger partial charge in [0.15, 0.2) is 0 Å². The first kappa shape index (κ1) is 15.3. The van der Waals surface area contributed by atoms with Crippen LogP contribution < -0.4 is 5.32 Å². The molecule has 1 saturated heterocycles. The quantitative estimate of drug-likeness (QED) is 0.931. The molecule has 0 radical (unpaired) electrons. The summed E-state index contributed by atoms with van der Waals surface area (Å²) in [5, 5.41) is 5.62. The predicted octanol–water partition coefficient (Wildman–Crippen LogP) is 3.24. The van der Waals surface area contributed by atoms with Crippen molar-refractivity contribution < 1.29 is 9.53 Å². The molecule has 0 bridgehead atoms. The topological polar surface area (TPSA) is 41.6 Å². The van der Waals surface area contributed by atoms with Gasteiger partial charge < -0.3 is 15.0 Å². The lowest BCUT2D eigenvalue weighted by Crippen LogP contribution is -2.49. The maximum absolute atomic E-state index is 12.1. The van der Waals surface area contributed by atoms with Gasteiger partial charge in [-0.05, 0) is 45.1 Å². The molecule has 1 aliphatic heterocycles. The molecule has 0 saturated carbocycles. The number of hydrogen-bond acceptors (Lipinski definition) is 4. The largest absolute Gasteiger partial charge is 0.444 e. The normalized spacial score (nSPS) is 19.9. The highest BCUT2D eigenvalue weighted by Gasteiger charge is 2.27. The van der Waals surface area contributed by atoms with Crippen molar-refractivity contribution in [2.24, 2.45) is 0 Å². The van der Waals surface area contributed by atoms with Crippen LogP contribution in [-0.4, -0.2) is 35.7 Å². The molecule has 0 spiro atoms. The molecule has 2 heterocycles. The second-order valence-corrected chi connectivity index (χ2v) is 7.26. The van der Waals surface area contributed by atoms with E-state index in [-0.39, 0.29) is 6.09 Å². The molecule has 1 unspecified atom stereocenters. The van der Waals surface area contributed by atoms with E-state index in [0.717, 1.165) is 32.5 Å². The third-order valence-electron chi connectivity index (χ3n) is 3.22. The number of carbonyl (C=O) groups is 1. The highest BCUT2D eigenvalue weighted by Crippen LogP contribution is 2.16. The minimum atomic E-state index is -0.422. The van der Waals surface area contributed by atoms with E-state index < -0.39 is 5.60 Å². The van der Waals surface area contributed by atoms with Gasteiger partial charge in [-0.15, -0.1) is 11.3 Å². The molecular formula is C15H24N2O2S. The van der Waals surface area contributed by atoms with E-state index in [1.165, 1.54) is 4.88 Å². The summed E-state index contributed by atoms with van der Waals surface area (Å²) in [5.41, 5.74) is -0.422. The molecule has 1 aliphatic rings. The fourth-order valence-electron chi connectivity index (χ4n) is 2.29. The van der Waals surface area contributed by atoms with Gasteiger partial charge >= 0.3 is 6.09 Å². The average Bonchev–Trinajstić information content (AvgIpc) is 2.88. The van der Waals surface area contributed by atoms with E-state index in [4.69, 9.17) is 4.74 Å². The standard InChI is InChI=1S/C15H24N2O2S/c1-15(2,3)19-14(18)17-8-4-6-12(11-17)16-10-13-7-5-9-20-13/h5,7,9,12,16H,4,6,8,10-11H2,1-3H3. The summed E-state index contributed by atoms with van der Waals surface area (Å²) in [6.45, 7) is 8.13. The SMILES string of the molecule is CC(C)(C)OC(=O)N1CCCC(NCc2cccs2)C1. The zero-order valence-electron chi connectivity index (χ0n) is 12.5. The molecule has 1 aromatic rings. The monoisotopic (exact) mass is 296 g/mol. The van der Waals surface area contributed by atoms with Gasteiger partial charge in [0.1, 0.15) is 5.60 Å². The van der Waals surface area contributed by atoms with Gasteiger partial charge in [-0.1, -0.05) is 6.07 Å². The second-order valence-electron chi connectivity index (χ2n) is 6.23. The minimum absolute atomic E-state index is 0.194. The van der Waals surface area contributed by atoms with Crippen LogP contribution in [0.4, 0.5) is 4.79 Å². The van der Waals surface area contributed by atoms with Gasteiger partial charge in [-0.25, -0.2) is 4.79 Å². The van der Waals surface area contributed by atoms with Crippen molar-refractivity contribution in [3.8, 4) is 0 Å². The number of nitrogens with zero attached hydrogens (tertiary/aromatic N) is 1. The molecule has 0 aliphatic carbocycles. The summed E-state index contributed by atoms with van der Waals surface area (Å²) < 4.78 is 5.44. The van der Waals surface area contributed by atoms with Gasteiger partial charge in [0.2, 0.25) is 0 Å². The molecule has 20 heavy (non-hydrogen) atoms. The summed E-state index contributed by atoms with van der Waals surface area (Å²) in [4.78, 5) is 15.2. The maximum atomic E-state index is 12.1. The number of thiophene rings is 1. The number of amides is 1. The number of ether oxygens (including phenoxy) is 1. The Balaban J connectivity index is 1.80. The number of hydrogen-bond donors (Lipinski definition) is 1. The van der Waals surface area contributed by atoms with Crippen LogP contribution in [0.2, 0.25) is 0 Å². The highest BCUT2D eigenvalue weighted by atomic mass is 32.1. The fraction of sp³-hybridized carbons (Fsp3) is 0.667. The predicted molar refractivity (Wildman–Crippen MR) is 82.0 cm³/mol.